The lowest BCUT2D eigenvalue weighted by Gasteiger charge is -2.16. The lowest BCUT2D eigenvalue weighted by atomic mass is 9.99. The molecule has 8 heteroatoms. The summed E-state index contributed by atoms with van der Waals surface area (Å²) in [4.78, 5) is 14.7. The van der Waals surface area contributed by atoms with Crippen LogP contribution < -0.4 is 0 Å². The third kappa shape index (κ3) is 2.58. The number of halogens is 1. The van der Waals surface area contributed by atoms with E-state index in [9.17, 15) is 13.2 Å². The Balaban J connectivity index is 2.33. The second kappa shape index (κ2) is 5.07. The third-order valence-corrected chi connectivity index (χ3v) is 5.52. The van der Waals surface area contributed by atoms with E-state index in [1.165, 1.54) is 18.3 Å². The molecule has 1 N–H and O–H groups in total. The summed E-state index contributed by atoms with van der Waals surface area (Å²) >= 11 is 5.79. The highest BCUT2D eigenvalue weighted by atomic mass is 35.5. The molecule has 104 valence electrons. The first-order valence-corrected chi connectivity index (χ1v) is 7.49. The van der Waals surface area contributed by atoms with Crippen molar-refractivity contribution >= 4 is 27.6 Å². The minimum Gasteiger partial charge on any atom is -0.481 e. The molecule has 1 fully saturated rings. The summed E-state index contributed by atoms with van der Waals surface area (Å²) in [6.45, 7) is 1.85. The first-order valence-electron chi connectivity index (χ1n) is 5.67. The van der Waals surface area contributed by atoms with Gasteiger partial charge in [-0.25, -0.2) is 13.4 Å². The van der Waals surface area contributed by atoms with Crippen LogP contribution in [0.5, 0.6) is 0 Å². The molecule has 2 atom stereocenters. The maximum atomic E-state index is 12.4. The van der Waals surface area contributed by atoms with Crippen molar-refractivity contribution in [1.29, 1.82) is 0 Å². The average molecular weight is 305 g/mol. The van der Waals surface area contributed by atoms with Crippen LogP contribution in [0.2, 0.25) is 5.15 Å². The van der Waals surface area contributed by atoms with Crippen molar-refractivity contribution < 1.29 is 18.3 Å². The number of carboxylic acid groups (broad SMARTS) is 1. The summed E-state index contributed by atoms with van der Waals surface area (Å²) in [5.74, 6) is -1.91. The van der Waals surface area contributed by atoms with Gasteiger partial charge in [-0.1, -0.05) is 18.5 Å². The predicted octanol–water partition coefficient (Wildman–Crippen LogP) is 1.08. The highest BCUT2D eigenvalue weighted by molar-refractivity contribution is 7.89. The van der Waals surface area contributed by atoms with Crippen LogP contribution in [0.25, 0.3) is 0 Å². The van der Waals surface area contributed by atoms with E-state index in [0.717, 1.165) is 4.31 Å². The van der Waals surface area contributed by atoms with Crippen molar-refractivity contribution in [2.75, 3.05) is 13.1 Å². The summed E-state index contributed by atoms with van der Waals surface area (Å²) in [6, 6.07) is 2.84. The van der Waals surface area contributed by atoms with Gasteiger partial charge in [0, 0.05) is 19.3 Å². The van der Waals surface area contributed by atoms with Crippen LogP contribution in [0.4, 0.5) is 0 Å². The molecule has 0 saturated carbocycles. The van der Waals surface area contributed by atoms with Crippen LogP contribution in [0.3, 0.4) is 0 Å². The molecule has 1 aliphatic heterocycles. The van der Waals surface area contributed by atoms with Crippen molar-refractivity contribution in [3.63, 3.8) is 0 Å². The van der Waals surface area contributed by atoms with E-state index in [2.05, 4.69) is 4.98 Å². The normalized spacial score (nSPS) is 24.5. The Bertz CT molecular complexity index is 604. The quantitative estimate of drug-likeness (QED) is 0.844. The molecule has 1 aromatic rings. The number of aromatic nitrogens is 1. The number of rotatable bonds is 3. The largest absolute Gasteiger partial charge is 0.481 e. The van der Waals surface area contributed by atoms with E-state index in [-0.39, 0.29) is 29.1 Å². The van der Waals surface area contributed by atoms with Crippen molar-refractivity contribution in [2.24, 2.45) is 11.8 Å². The Labute approximate surface area is 116 Å². The molecule has 0 aliphatic carbocycles. The fraction of sp³-hybridized carbons (Fsp3) is 0.455. The number of pyridine rings is 1. The van der Waals surface area contributed by atoms with Gasteiger partial charge in [-0.05, 0) is 18.1 Å². The third-order valence-electron chi connectivity index (χ3n) is 3.24. The minimum absolute atomic E-state index is 0.0376. The van der Waals surface area contributed by atoms with Crippen molar-refractivity contribution in [1.82, 2.24) is 9.29 Å². The fourth-order valence-corrected chi connectivity index (χ4v) is 4.14. The molecular formula is C11H13ClN2O4S. The Morgan fingerprint density at radius 1 is 1.53 bits per heavy atom. The van der Waals surface area contributed by atoms with Crippen LogP contribution in [-0.4, -0.2) is 41.9 Å². The summed E-state index contributed by atoms with van der Waals surface area (Å²) in [6.07, 6.45) is 1.40. The van der Waals surface area contributed by atoms with Gasteiger partial charge in [-0.2, -0.15) is 4.31 Å². The maximum absolute atomic E-state index is 12.4. The number of aliphatic carboxylic acids is 1. The van der Waals surface area contributed by atoms with E-state index in [0.29, 0.717) is 0 Å². The molecule has 1 saturated heterocycles. The second-order valence-corrected chi connectivity index (χ2v) is 6.80. The van der Waals surface area contributed by atoms with E-state index < -0.39 is 21.9 Å². The number of carbonyl (C=O) groups is 1. The van der Waals surface area contributed by atoms with Crippen LogP contribution in [-0.2, 0) is 14.8 Å². The highest BCUT2D eigenvalue weighted by Crippen LogP contribution is 2.30. The summed E-state index contributed by atoms with van der Waals surface area (Å²) in [7, 11) is -3.79. The molecule has 0 aromatic carbocycles. The van der Waals surface area contributed by atoms with E-state index in [4.69, 9.17) is 16.7 Å². The predicted molar refractivity (Wildman–Crippen MR) is 68.3 cm³/mol. The van der Waals surface area contributed by atoms with Crippen LogP contribution in [0, 0.1) is 11.8 Å². The van der Waals surface area contributed by atoms with Gasteiger partial charge in [0.1, 0.15) is 10.0 Å². The van der Waals surface area contributed by atoms with Crippen LogP contribution in [0.1, 0.15) is 6.92 Å². The lowest BCUT2D eigenvalue weighted by molar-refractivity contribution is -0.142. The van der Waals surface area contributed by atoms with Gasteiger partial charge in [0.25, 0.3) is 0 Å². The molecule has 2 unspecified atom stereocenters. The Morgan fingerprint density at radius 3 is 2.74 bits per heavy atom. The first-order chi connectivity index (χ1) is 8.84. The fourth-order valence-electron chi connectivity index (χ4n) is 2.14. The molecule has 0 radical (unpaired) electrons. The number of hydrogen-bond acceptors (Lipinski definition) is 4. The summed E-state index contributed by atoms with van der Waals surface area (Å²) in [5.41, 5.74) is 0. The molecule has 19 heavy (non-hydrogen) atoms. The molecule has 2 rings (SSSR count). The second-order valence-electron chi connectivity index (χ2n) is 4.54. The van der Waals surface area contributed by atoms with Gasteiger partial charge in [0.15, 0.2) is 0 Å². The van der Waals surface area contributed by atoms with Crippen LogP contribution >= 0.6 is 11.6 Å². The van der Waals surface area contributed by atoms with E-state index >= 15 is 0 Å². The number of carboxylic acids is 1. The average Bonchev–Trinajstić information content (AvgIpc) is 2.72. The monoisotopic (exact) mass is 304 g/mol. The lowest BCUT2D eigenvalue weighted by Crippen LogP contribution is -2.30. The molecule has 0 spiro atoms. The molecule has 0 bridgehead atoms. The molecule has 0 amide bonds. The van der Waals surface area contributed by atoms with Crippen molar-refractivity contribution in [3.05, 3.63) is 23.5 Å². The first kappa shape index (κ1) is 14.2. The topological polar surface area (TPSA) is 87.6 Å². The van der Waals surface area contributed by atoms with Gasteiger partial charge in [0.2, 0.25) is 10.0 Å². The summed E-state index contributed by atoms with van der Waals surface area (Å²) < 4.78 is 25.9. The smallest absolute Gasteiger partial charge is 0.308 e. The molecule has 1 aromatic heterocycles. The summed E-state index contributed by atoms with van der Waals surface area (Å²) in [5, 5.41) is 8.93. The number of sulfonamides is 1. The standard InChI is InChI=1S/C11H13ClN2O4S/c1-7-5-14(6-8(7)11(15)16)19(17,18)9-3-2-4-13-10(9)12/h2-4,7-8H,5-6H2,1H3,(H,15,16). The van der Waals surface area contributed by atoms with Gasteiger partial charge in [-0.3, -0.25) is 4.79 Å². The van der Waals surface area contributed by atoms with Gasteiger partial charge < -0.3 is 5.11 Å². The molecule has 1 aliphatic rings. The maximum Gasteiger partial charge on any atom is 0.308 e. The Hall–Kier alpha value is -1.18. The zero-order valence-electron chi connectivity index (χ0n) is 10.2. The van der Waals surface area contributed by atoms with E-state index in [1.54, 1.807) is 6.92 Å². The zero-order valence-corrected chi connectivity index (χ0v) is 11.7. The Kier molecular flexibility index (Phi) is 3.80. The Morgan fingerprint density at radius 2 is 2.21 bits per heavy atom. The highest BCUT2D eigenvalue weighted by Gasteiger charge is 2.41. The van der Waals surface area contributed by atoms with Crippen molar-refractivity contribution in [3.8, 4) is 0 Å². The molecule has 6 nitrogen and oxygen atoms in total. The van der Waals surface area contributed by atoms with Gasteiger partial charge >= 0.3 is 5.97 Å². The van der Waals surface area contributed by atoms with Gasteiger partial charge in [0.05, 0.1) is 5.92 Å². The SMILES string of the molecule is CC1CN(S(=O)(=O)c2cccnc2Cl)CC1C(=O)O. The minimum atomic E-state index is -3.79. The van der Waals surface area contributed by atoms with Crippen molar-refractivity contribution in [2.45, 2.75) is 11.8 Å². The zero-order chi connectivity index (χ0) is 14.2. The number of nitrogens with zero attached hydrogens (tertiary/aromatic N) is 2. The molecular weight excluding hydrogens is 292 g/mol. The van der Waals surface area contributed by atoms with Crippen LogP contribution in [0.15, 0.2) is 23.2 Å². The molecule has 2 heterocycles. The number of hydrogen-bond donors (Lipinski definition) is 1. The van der Waals surface area contributed by atoms with E-state index in [1.807, 2.05) is 0 Å². The van der Waals surface area contributed by atoms with Gasteiger partial charge in [-0.15, -0.1) is 0 Å².